The van der Waals surface area contributed by atoms with Gasteiger partial charge in [0.15, 0.2) is 0 Å². The highest BCUT2D eigenvalue weighted by molar-refractivity contribution is 6.02. The van der Waals surface area contributed by atoms with Crippen LogP contribution in [-0.4, -0.2) is 15.1 Å². The number of benzene rings is 5. The first kappa shape index (κ1) is 28.5. The third kappa shape index (κ3) is 5.06. The fourth-order valence-electron chi connectivity index (χ4n) is 6.43. The summed E-state index contributed by atoms with van der Waals surface area (Å²) in [5, 5.41) is 11.5. The normalized spacial score (nSPS) is 12.6. The monoisotopic (exact) mass is 610 g/mol. The minimum atomic E-state index is 0.0542. The van der Waals surface area contributed by atoms with Gasteiger partial charge in [-0.2, -0.15) is 0 Å². The SMILES string of the molecule is CC(C)(C)c1ccc(N2c3ccccc3N(c3cc(-c4ccccc4)ccn3)c3cc(-c4ccc5cccc(O)c5n4)ccc32)cc1. The topological polar surface area (TPSA) is 52.5 Å². The van der Waals surface area contributed by atoms with Crippen molar-refractivity contribution in [1.82, 2.24) is 9.97 Å². The van der Waals surface area contributed by atoms with Gasteiger partial charge in [0.2, 0.25) is 0 Å². The Morgan fingerprint density at radius 2 is 1.28 bits per heavy atom. The van der Waals surface area contributed by atoms with E-state index in [-0.39, 0.29) is 11.2 Å². The zero-order valence-electron chi connectivity index (χ0n) is 26.6. The van der Waals surface area contributed by atoms with Crippen LogP contribution in [0.5, 0.6) is 5.75 Å². The summed E-state index contributed by atoms with van der Waals surface area (Å²) in [6, 6.07) is 48.0. The van der Waals surface area contributed by atoms with Gasteiger partial charge in [0.25, 0.3) is 0 Å². The largest absolute Gasteiger partial charge is 0.506 e. The molecular weight excluding hydrogens is 576 g/mol. The Labute approximate surface area is 275 Å². The zero-order valence-corrected chi connectivity index (χ0v) is 26.6. The van der Waals surface area contributed by atoms with Crippen molar-refractivity contribution >= 4 is 45.2 Å². The quantitative estimate of drug-likeness (QED) is 0.215. The van der Waals surface area contributed by atoms with Crippen LogP contribution >= 0.6 is 0 Å². The highest BCUT2D eigenvalue weighted by Crippen LogP contribution is 2.54. The van der Waals surface area contributed by atoms with Crippen LogP contribution in [0.4, 0.5) is 34.3 Å². The minimum absolute atomic E-state index is 0.0542. The molecule has 0 saturated carbocycles. The van der Waals surface area contributed by atoms with Crippen molar-refractivity contribution < 1.29 is 5.11 Å². The van der Waals surface area contributed by atoms with Crippen LogP contribution in [0.1, 0.15) is 26.3 Å². The van der Waals surface area contributed by atoms with Crippen LogP contribution in [-0.2, 0) is 5.41 Å². The minimum Gasteiger partial charge on any atom is -0.506 e. The number of aromatic hydroxyl groups is 1. The van der Waals surface area contributed by atoms with Crippen LogP contribution in [0.2, 0.25) is 0 Å². The molecule has 0 amide bonds. The second kappa shape index (κ2) is 11.1. The van der Waals surface area contributed by atoms with Crippen LogP contribution in [0, 0.1) is 0 Å². The van der Waals surface area contributed by atoms with Gasteiger partial charge in [-0.25, -0.2) is 9.97 Å². The summed E-state index contributed by atoms with van der Waals surface area (Å²) in [6.45, 7) is 6.72. The number of phenols is 1. The Kier molecular flexibility index (Phi) is 6.76. The highest BCUT2D eigenvalue weighted by Gasteiger charge is 2.32. The van der Waals surface area contributed by atoms with E-state index in [1.165, 1.54) is 5.56 Å². The van der Waals surface area contributed by atoms with E-state index in [1.807, 2.05) is 36.5 Å². The van der Waals surface area contributed by atoms with Crippen LogP contribution in [0.15, 0.2) is 146 Å². The summed E-state index contributed by atoms with van der Waals surface area (Å²) in [5.41, 5.74) is 11.1. The Hall–Kier alpha value is -5.94. The van der Waals surface area contributed by atoms with Crippen molar-refractivity contribution in [3.05, 3.63) is 151 Å². The van der Waals surface area contributed by atoms with Crippen molar-refractivity contribution in [2.24, 2.45) is 0 Å². The smallest absolute Gasteiger partial charge is 0.141 e. The van der Waals surface area contributed by atoms with E-state index >= 15 is 0 Å². The summed E-state index contributed by atoms with van der Waals surface area (Å²) in [6.07, 6.45) is 1.88. The first-order chi connectivity index (χ1) is 22.8. The first-order valence-corrected chi connectivity index (χ1v) is 15.9. The molecule has 0 saturated heterocycles. The molecule has 0 atom stereocenters. The van der Waals surface area contributed by atoms with Gasteiger partial charge >= 0.3 is 0 Å². The fourth-order valence-corrected chi connectivity index (χ4v) is 6.43. The molecule has 3 heterocycles. The standard InChI is InChI=1S/C42H34N4O/c1-42(2,3)32-18-20-33(21-19-32)45-35-13-7-8-14-36(35)46(40-27-30(24-25-43-40)28-10-5-4-6-11-28)38-26-31(17-23-37(38)45)34-22-16-29-12-9-15-39(47)41(29)44-34/h4-27,47H,1-3H3. The molecule has 0 radical (unpaired) electrons. The van der Waals surface area contributed by atoms with E-state index in [0.717, 1.165) is 62.0 Å². The average Bonchev–Trinajstić information content (AvgIpc) is 3.10. The zero-order chi connectivity index (χ0) is 32.1. The molecule has 1 aliphatic rings. The number of aromatic nitrogens is 2. The Balaban J connectivity index is 1.35. The predicted molar refractivity (Wildman–Crippen MR) is 194 cm³/mol. The lowest BCUT2D eigenvalue weighted by molar-refractivity contribution is 0.480. The van der Waals surface area contributed by atoms with E-state index in [4.69, 9.17) is 9.97 Å². The molecule has 1 N–H and O–H groups in total. The van der Waals surface area contributed by atoms with Crippen molar-refractivity contribution in [2.75, 3.05) is 9.80 Å². The van der Waals surface area contributed by atoms with Crippen LogP contribution in [0.25, 0.3) is 33.3 Å². The van der Waals surface area contributed by atoms with Crippen LogP contribution in [0.3, 0.4) is 0 Å². The van der Waals surface area contributed by atoms with Gasteiger partial charge in [0, 0.05) is 22.8 Å². The van der Waals surface area contributed by atoms with Crippen molar-refractivity contribution in [3.8, 4) is 28.1 Å². The number of anilines is 6. The second-order valence-electron chi connectivity index (χ2n) is 13.0. The third-order valence-corrected chi connectivity index (χ3v) is 8.89. The molecule has 5 nitrogen and oxygen atoms in total. The maximum atomic E-state index is 10.6. The third-order valence-electron chi connectivity index (χ3n) is 8.89. The van der Waals surface area contributed by atoms with E-state index in [2.05, 4.69) is 134 Å². The molecular formula is C42H34N4O. The Morgan fingerprint density at radius 1 is 0.553 bits per heavy atom. The van der Waals surface area contributed by atoms with Crippen LogP contribution < -0.4 is 9.80 Å². The van der Waals surface area contributed by atoms with Gasteiger partial charge in [0.1, 0.15) is 17.1 Å². The van der Waals surface area contributed by atoms with E-state index < -0.39 is 0 Å². The lowest BCUT2D eigenvalue weighted by Gasteiger charge is -2.40. The van der Waals surface area contributed by atoms with Gasteiger partial charge < -0.3 is 10.0 Å². The second-order valence-corrected chi connectivity index (χ2v) is 13.0. The molecule has 0 fully saturated rings. The molecule has 0 bridgehead atoms. The Morgan fingerprint density at radius 3 is 2.04 bits per heavy atom. The molecule has 47 heavy (non-hydrogen) atoms. The van der Waals surface area contributed by atoms with Crippen molar-refractivity contribution in [2.45, 2.75) is 26.2 Å². The molecule has 0 spiro atoms. The van der Waals surface area contributed by atoms with Gasteiger partial charge in [-0.05, 0) is 82.8 Å². The number of phenolic OH excluding ortho intramolecular Hbond substituents is 1. The molecule has 8 rings (SSSR count). The van der Waals surface area contributed by atoms with Gasteiger partial charge in [-0.15, -0.1) is 0 Å². The summed E-state index contributed by atoms with van der Waals surface area (Å²) in [5.74, 6) is 0.994. The lowest BCUT2D eigenvalue weighted by atomic mass is 9.87. The number of para-hydroxylation sites is 3. The molecule has 1 aliphatic heterocycles. The van der Waals surface area contributed by atoms with Gasteiger partial charge in [0.05, 0.1) is 28.4 Å². The number of hydrogen-bond acceptors (Lipinski definition) is 5. The fraction of sp³-hybridized carbons (Fsp3) is 0.0952. The van der Waals surface area contributed by atoms with Gasteiger partial charge in [-0.1, -0.05) is 99.6 Å². The predicted octanol–water partition coefficient (Wildman–Crippen LogP) is 11.2. The van der Waals surface area contributed by atoms with E-state index in [0.29, 0.717) is 5.52 Å². The molecule has 0 aliphatic carbocycles. The van der Waals surface area contributed by atoms with Crippen molar-refractivity contribution in [1.29, 1.82) is 0 Å². The van der Waals surface area contributed by atoms with E-state index in [9.17, 15) is 5.11 Å². The van der Waals surface area contributed by atoms with Crippen molar-refractivity contribution in [3.63, 3.8) is 0 Å². The molecule has 5 aromatic carbocycles. The molecule has 7 aromatic rings. The molecule has 0 unspecified atom stereocenters. The Bertz CT molecular complexity index is 2260. The average molecular weight is 611 g/mol. The number of nitrogens with zero attached hydrogens (tertiary/aromatic N) is 4. The number of hydrogen-bond donors (Lipinski definition) is 1. The highest BCUT2D eigenvalue weighted by atomic mass is 16.3. The maximum Gasteiger partial charge on any atom is 0.141 e. The molecule has 228 valence electrons. The lowest BCUT2D eigenvalue weighted by Crippen LogP contribution is -2.24. The summed E-state index contributed by atoms with van der Waals surface area (Å²) in [4.78, 5) is 14.4. The molecule has 2 aromatic heterocycles. The molecule has 5 heteroatoms. The summed E-state index contributed by atoms with van der Waals surface area (Å²) >= 11 is 0. The summed E-state index contributed by atoms with van der Waals surface area (Å²) in [7, 11) is 0. The maximum absolute atomic E-state index is 10.6. The summed E-state index contributed by atoms with van der Waals surface area (Å²) < 4.78 is 0. The number of fused-ring (bicyclic) bond motifs is 3. The van der Waals surface area contributed by atoms with Gasteiger partial charge in [-0.3, -0.25) is 4.90 Å². The first-order valence-electron chi connectivity index (χ1n) is 15.9. The number of pyridine rings is 2. The van der Waals surface area contributed by atoms with E-state index in [1.54, 1.807) is 6.07 Å². The number of rotatable bonds is 4.